The van der Waals surface area contributed by atoms with Crippen molar-refractivity contribution in [2.75, 3.05) is 38.4 Å². The largest absolute Gasteiger partial charge is 0.388 e. The molecule has 0 amide bonds. The number of halogens is 1. The molecule has 0 unspecified atom stereocenters. The molecule has 0 aliphatic carbocycles. The van der Waals surface area contributed by atoms with Gasteiger partial charge in [-0.2, -0.15) is 0 Å². The molecule has 5 heteroatoms. The molecule has 0 bridgehead atoms. The molecule has 14 heavy (non-hydrogen) atoms. The van der Waals surface area contributed by atoms with Crippen LogP contribution < -0.4 is 0 Å². The highest BCUT2D eigenvalue weighted by molar-refractivity contribution is 9.09. The molecule has 2 aliphatic rings. The molecule has 2 fully saturated rings. The molecule has 1 N–H and O–H groups in total. The van der Waals surface area contributed by atoms with Crippen LogP contribution in [0.15, 0.2) is 0 Å². The maximum Gasteiger partial charge on any atom is 0.104 e. The molecule has 0 saturated carbocycles. The number of aliphatic hydroxyl groups excluding tert-OH is 1. The van der Waals surface area contributed by atoms with Crippen LogP contribution in [0.1, 0.15) is 6.42 Å². The van der Waals surface area contributed by atoms with Crippen LogP contribution in [-0.2, 0) is 14.2 Å². The standard InChI is InChI=1S/C6H11BrO2.C3H6O2/c7-2-1-3-9-6-4-8-5-6;4-3-1-5-2-3/h6H,1-5H2;3-4H,1-2H2. The summed E-state index contributed by atoms with van der Waals surface area (Å²) in [6, 6.07) is 0. The number of hydrogen-bond acceptors (Lipinski definition) is 4. The van der Waals surface area contributed by atoms with Gasteiger partial charge in [0, 0.05) is 11.9 Å². The van der Waals surface area contributed by atoms with Crippen LogP contribution in [0.2, 0.25) is 0 Å². The predicted molar refractivity (Wildman–Crippen MR) is 55.8 cm³/mol. The lowest BCUT2D eigenvalue weighted by atomic mass is 10.3. The second-order valence-corrected chi connectivity index (χ2v) is 4.06. The Morgan fingerprint density at radius 3 is 2.07 bits per heavy atom. The predicted octanol–water partition coefficient (Wildman–Crippen LogP) is 0.564. The summed E-state index contributed by atoms with van der Waals surface area (Å²) < 4.78 is 14.9. The van der Waals surface area contributed by atoms with Crippen LogP contribution in [-0.4, -0.2) is 55.7 Å². The van der Waals surface area contributed by atoms with Crippen LogP contribution in [0.25, 0.3) is 0 Å². The number of rotatable bonds is 4. The third-order valence-electron chi connectivity index (χ3n) is 1.86. The average molecular weight is 269 g/mol. The fraction of sp³-hybridized carbons (Fsp3) is 1.00. The molecule has 2 aliphatic heterocycles. The summed E-state index contributed by atoms with van der Waals surface area (Å²) in [7, 11) is 0. The van der Waals surface area contributed by atoms with Crippen molar-refractivity contribution in [3.05, 3.63) is 0 Å². The Hall–Kier alpha value is 0.320. The van der Waals surface area contributed by atoms with E-state index >= 15 is 0 Å². The zero-order valence-corrected chi connectivity index (χ0v) is 9.74. The maximum absolute atomic E-state index is 8.32. The molecular weight excluding hydrogens is 252 g/mol. The van der Waals surface area contributed by atoms with E-state index in [0.717, 1.165) is 31.6 Å². The molecule has 0 aromatic rings. The normalized spacial score (nSPS) is 21.9. The summed E-state index contributed by atoms with van der Waals surface area (Å²) in [6.45, 7) is 3.53. The van der Waals surface area contributed by atoms with Gasteiger partial charge in [0.1, 0.15) is 12.2 Å². The molecule has 0 aromatic carbocycles. The van der Waals surface area contributed by atoms with E-state index in [4.69, 9.17) is 14.6 Å². The van der Waals surface area contributed by atoms with Crippen LogP contribution in [0.4, 0.5) is 0 Å². The lowest BCUT2D eigenvalue weighted by molar-refractivity contribution is -0.129. The van der Waals surface area contributed by atoms with Gasteiger partial charge in [0.2, 0.25) is 0 Å². The zero-order valence-electron chi connectivity index (χ0n) is 8.15. The minimum absolute atomic E-state index is 0.157. The van der Waals surface area contributed by atoms with Crippen molar-refractivity contribution in [3.63, 3.8) is 0 Å². The average Bonchev–Trinajstić information content (AvgIpc) is 2.07. The molecular formula is C9H17BrO4. The number of ether oxygens (including phenoxy) is 3. The highest BCUT2D eigenvalue weighted by atomic mass is 79.9. The van der Waals surface area contributed by atoms with Crippen LogP contribution in [0.5, 0.6) is 0 Å². The molecule has 84 valence electrons. The second-order valence-electron chi connectivity index (χ2n) is 3.26. The van der Waals surface area contributed by atoms with Gasteiger partial charge >= 0.3 is 0 Å². The summed E-state index contributed by atoms with van der Waals surface area (Å²) in [5.74, 6) is 0. The Morgan fingerprint density at radius 2 is 1.79 bits per heavy atom. The third kappa shape index (κ3) is 5.26. The maximum atomic E-state index is 8.32. The van der Waals surface area contributed by atoms with Crippen molar-refractivity contribution < 1.29 is 19.3 Å². The lowest BCUT2D eigenvalue weighted by Gasteiger charge is -2.25. The van der Waals surface area contributed by atoms with Crippen molar-refractivity contribution >= 4 is 15.9 Å². The van der Waals surface area contributed by atoms with E-state index in [-0.39, 0.29) is 6.10 Å². The first-order valence-electron chi connectivity index (χ1n) is 4.84. The van der Waals surface area contributed by atoms with Crippen LogP contribution in [0.3, 0.4) is 0 Å². The van der Waals surface area contributed by atoms with E-state index in [9.17, 15) is 0 Å². The SMILES string of the molecule is BrCCCOC1COC1.OC1COC1. The molecule has 0 atom stereocenters. The van der Waals surface area contributed by atoms with Gasteiger partial charge in [0.15, 0.2) is 0 Å². The van der Waals surface area contributed by atoms with E-state index in [2.05, 4.69) is 20.7 Å². The van der Waals surface area contributed by atoms with Gasteiger partial charge in [-0.15, -0.1) is 0 Å². The van der Waals surface area contributed by atoms with Gasteiger partial charge in [-0.05, 0) is 6.42 Å². The molecule has 2 rings (SSSR count). The molecule has 0 radical (unpaired) electrons. The summed E-state index contributed by atoms with van der Waals surface area (Å²) in [6.07, 6.45) is 1.33. The fourth-order valence-corrected chi connectivity index (χ4v) is 1.07. The van der Waals surface area contributed by atoms with Gasteiger partial charge in [0.25, 0.3) is 0 Å². The van der Waals surface area contributed by atoms with Gasteiger partial charge in [0.05, 0.1) is 26.4 Å². The van der Waals surface area contributed by atoms with E-state index in [1.54, 1.807) is 0 Å². The molecule has 2 saturated heterocycles. The first kappa shape index (κ1) is 12.4. The quantitative estimate of drug-likeness (QED) is 0.598. The van der Waals surface area contributed by atoms with E-state index in [1.165, 1.54) is 0 Å². The third-order valence-corrected chi connectivity index (χ3v) is 2.42. The Kier molecular flexibility index (Phi) is 6.72. The zero-order chi connectivity index (χ0) is 10.2. The molecule has 2 heterocycles. The Bertz CT molecular complexity index is 137. The minimum Gasteiger partial charge on any atom is -0.388 e. The van der Waals surface area contributed by atoms with Gasteiger partial charge < -0.3 is 19.3 Å². The number of alkyl halides is 1. The highest BCUT2D eigenvalue weighted by Gasteiger charge is 2.17. The summed E-state index contributed by atoms with van der Waals surface area (Å²) in [5, 5.41) is 9.35. The molecule has 0 spiro atoms. The Balaban J connectivity index is 0.000000165. The molecule has 0 aromatic heterocycles. The van der Waals surface area contributed by atoms with Crippen molar-refractivity contribution in [1.29, 1.82) is 0 Å². The van der Waals surface area contributed by atoms with E-state index < -0.39 is 0 Å². The van der Waals surface area contributed by atoms with Crippen LogP contribution >= 0.6 is 15.9 Å². The van der Waals surface area contributed by atoms with Crippen molar-refractivity contribution in [2.24, 2.45) is 0 Å². The van der Waals surface area contributed by atoms with E-state index in [1.807, 2.05) is 0 Å². The van der Waals surface area contributed by atoms with Crippen molar-refractivity contribution in [2.45, 2.75) is 18.6 Å². The lowest BCUT2D eigenvalue weighted by Crippen LogP contribution is -2.36. The Labute approximate surface area is 92.7 Å². The minimum atomic E-state index is -0.157. The van der Waals surface area contributed by atoms with Gasteiger partial charge in [-0.25, -0.2) is 0 Å². The highest BCUT2D eigenvalue weighted by Crippen LogP contribution is 2.05. The number of aliphatic hydroxyl groups is 1. The topological polar surface area (TPSA) is 47.9 Å². The Morgan fingerprint density at radius 1 is 1.21 bits per heavy atom. The monoisotopic (exact) mass is 268 g/mol. The van der Waals surface area contributed by atoms with Gasteiger partial charge in [-0.1, -0.05) is 15.9 Å². The first-order chi connectivity index (χ1) is 6.83. The van der Waals surface area contributed by atoms with Crippen molar-refractivity contribution in [1.82, 2.24) is 0 Å². The first-order valence-corrected chi connectivity index (χ1v) is 5.96. The smallest absolute Gasteiger partial charge is 0.104 e. The van der Waals surface area contributed by atoms with Gasteiger partial charge in [-0.3, -0.25) is 0 Å². The molecule has 4 nitrogen and oxygen atoms in total. The van der Waals surface area contributed by atoms with Crippen molar-refractivity contribution in [3.8, 4) is 0 Å². The second kappa shape index (κ2) is 7.59. The fourth-order valence-electron chi connectivity index (χ4n) is 0.838. The summed E-state index contributed by atoms with van der Waals surface area (Å²) in [5.41, 5.74) is 0. The number of hydrogen-bond donors (Lipinski definition) is 1. The summed E-state index contributed by atoms with van der Waals surface area (Å²) in [4.78, 5) is 0. The summed E-state index contributed by atoms with van der Waals surface area (Å²) >= 11 is 3.33. The van der Waals surface area contributed by atoms with E-state index in [0.29, 0.717) is 19.3 Å². The van der Waals surface area contributed by atoms with Crippen LogP contribution in [0, 0.1) is 0 Å².